The topological polar surface area (TPSA) is 75.7 Å². The summed E-state index contributed by atoms with van der Waals surface area (Å²) in [6, 6.07) is 27.6. The molecule has 1 atom stereocenters. The molecule has 4 aromatic rings. The predicted octanol–water partition coefficient (Wildman–Crippen LogP) is 5.63. The van der Waals surface area contributed by atoms with Crippen molar-refractivity contribution in [2.75, 3.05) is 17.5 Å². The van der Waals surface area contributed by atoms with Crippen LogP contribution in [0.25, 0.3) is 0 Å². The fourth-order valence-corrected chi connectivity index (χ4v) is 5.58. The van der Waals surface area contributed by atoms with Gasteiger partial charge in [-0.05, 0) is 79.1 Å². The monoisotopic (exact) mass is 532 g/mol. The summed E-state index contributed by atoms with van der Waals surface area (Å²) in [5.41, 5.74) is 2.91. The van der Waals surface area contributed by atoms with Gasteiger partial charge in [0.15, 0.2) is 0 Å². The summed E-state index contributed by atoms with van der Waals surface area (Å²) in [4.78, 5) is 13.5. The first kappa shape index (κ1) is 26.9. The van der Waals surface area contributed by atoms with E-state index in [1.54, 1.807) is 12.1 Å². The Hall–Kier alpha value is -4.17. The van der Waals surface area contributed by atoms with Crippen molar-refractivity contribution in [3.63, 3.8) is 0 Å². The van der Waals surface area contributed by atoms with Crippen LogP contribution in [0.4, 0.5) is 10.1 Å². The first-order valence-electron chi connectivity index (χ1n) is 12.2. The lowest BCUT2D eigenvalue weighted by atomic mass is 9.95. The zero-order chi connectivity index (χ0) is 27.1. The van der Waals surface area contributed by atoms with Crippen LogP contribution in [-0.4, -0.2) is 27.5 Å². The van der Waals surface area contributed by atoms with E-state index in [2.05, 4.69) is 5.32 Å². The summed E-state index contributed by atoms with van der Waals surface area (Å²) in [6.45, 7) is 3.73. The number of halogens is 1. The van der Waals surface area contributed by atoms with E-state index < -0.39 is 34.3 Å². The molecule has 4 aromatic carbocycles. The molecule has 6 nitrogen and oxygen atoms in total. The molecule has 1 N–H and O–H groups in total. The fourth-order valence-electron chi connectivity index (χ4n) is 4.16. The van der Waals surface area contributed by atoms with Gasteiger partial charge in [-0.25, -0.2) is 12.8 Å². The van der Waals surface area contributed by atoms with Crippen LogP contribution in [0.1, 0.15) is 29.7 Å². The molecule has 1 unspecified atom stereocenters. The molecule has 196 valence electrons. The molecule has 0 radical (unpaired) electrons. The molecule has 0 saturated heterocycles. The molecule has 0 bridgehead atoms. The number of nitrogens with one attached hydrogen (secondary N) is 1. The Labute approximate surface area is 222 Å². The van der Waals surface area contributed by atoms with Crippen molar-refractivity contribution in [2.24, 2.45) is 0 Å². The number of aryl methyl sites for hydroxylation is 1. The van der Waals surface area contributed by atoms with Gasteiger partial charge in [-0.1, -0.05) is 54.6 Å². The van der Waals surface area contributed by atoms with Crippen molar-refractivity contribution in [3.05, 3.63) is 126 Å². The number of amides is 1. The Kier molecular flexibility index (Phi) is 8.43. The maximum atomic E-state index is 13.7. The largest absolute Gasteiger partial charge is 0.494 e. The van der Waals surface area contributed by atoms with E-state index in [9.17, 15) is 17.6 Å². The number of hydrogen-bond acceptors (Lipinski definition) is 4. The van der Waals surface area contributed by atoms with Gasteiger partial charge in [0.2, 0.25) is 5.91 Å². The maximum Gasteiger partial charge on any atom is 0.264 e. The Morgan fingerprint density at radius 1 is 0.895 bits per heavy atom. The molecule has 0 aliphatic carbocycles. The normalized spacial score (nSPS) is 12.0. The summed E-state index contributed by atoms with van der Waals surface area (Å²) in [5, 5.41) is 3.01. The van der Waals surface area contributed by atoms with Crippen molar-refractivity contribution >= 4 is 21.6 Å². The number of benzene rings is 4. The molecule has 0 aromatic heterocycles. The first-order chi connectivity index (χ1) is 18.3. The van der Waals surface area contributed by atoms with Crippen molar-refractivity contribution in [3.8, 4) is 5.75 Å². The smallest absolute Gasteiger partial charge is 0.264 e. The lowest BCUT2D eigenvalue weighted by Gasteiger charge is -2.27. The second-order valence-corrected chi connectivity index (χ2v) is 10.5. The predicted molar refractivity (Wildman–Crippen MR) is 146 cm³/mol. The lowest BCUT2D eigenvalue weighted by Crippen LogP contribution is -2.42. The Bertz CT molecular complexity index is 1480. The number of hydrogen-bond donors (Lipinski definition) is 1. The van der Waals surface area contributed by atoms with Gasteiger partial charge in [-0.15, -0.1) is 0 Å². The van der Waals surface area contributed by atoms with E-state index in [4.69, 9.17) is 4.74 Å². The number of ether oxygens (including phenoxy) is 1. The molecule has 0 aliphatic heterocycles. The quantitative estimate of drug-likeness (QED) is 0.287. The van der Waals surface area contributed by atoms with Crippen LogP contribution in [0.15, 0.2) is 108 Å². The minimum atomic E-state index is -4.17. The Morgan fingerprint density at radius 2 is 1.53 bits per heavy atom. The van der Waals surface area contributed by atoms with Gasteiger partial charge in [0.25, 0.3) is 10.0 Å². The van der Waals surface area contributed by atoms with Gasteiger partial charge in [0.05, 0.1) is 23.2 Å². The standard InChI is InChI=1S/C30H29FN2O4S/c1-3-37-26-17-19-27(20-18-26)38(35,36)33(25-15-13-24(31)14-16-25)21-29(34)32-30(23-10-5-4-6-11-23)28-12-8-7-9-22(28)2/h4-20,30H,3,21H2,1-2H3,(H,32,34). The van der Waals surface area contributed by atoms with Crippen LogP contribution in [-0.2, 0) is 14.8 Å². The molecule has 4 rings (SSSR count). The average molecular weight is 533 g/mol. The highest BCUT2D eigenvalue weighted by molar-refractivity contribution is 7.92. The lowest BCUT2D eigenvalue weighted by molar-refractivity contribution is -0.120. The summed E-state index contributed by atoms with van der Waals surface area (Å²) < 4.78 is 47.5. The SMILES string of the molecule is CCOc1ccc(S(=O)(=O)N(CC(=O)NC(c2ccccc2)c2ccccc2C)c2ccc(F)cc2)cc1. The minimum absolute atomic E-state index is 0.0170. The first-order valence-corrected chi connectivity index (χ1v) is 13.6. The molecular weight excluding hydrogens is 503 g/mol. The molecule has 8 heteroatoms. The Balaban J connectivity index is 1.68. The number of nitrogens with zero attached hydrogens (tertiary/aromatic N) is 1. The van der Waals surface area contributed by atoms with E-state index in [0.717, 1.165) is 33.1 Å². The third-order valence-electron chi connectivity index (χ3n) is 6.06. The second kappa shape index (κ2) is 11.9. The maximum absolute atomic E-state index is 13.7. The number of carbonyl (C=O) groups is 1. The van der Waals surface area contributed by atoms with Crippen molar-refractivity contribution in [2.45, 2.75) is 24.8 Å². The second-order valence-electron chi connectivity index (χ2n) is 8.66. The van der Waals surface area contributed by atoms with Gasteiger partial charge in [0, 0.05) is 0 Å². The summed E-state index contributed by atoms with van der Waals surface area (Å²) in [6.07, 6.45) is 0. The van der Waals surface area contributed by atoms with Crippen LogP contribution in [0, 0.1) is 12.7 Å². The summed E-state index contributed by atoms with van der Waals surface area (Å²) >= 11 is 0. The third kappa shape index (κ3) is 6.20. The highest BCUT2D eigenvalue weighted by Gasteiger charge is 2.29. The van der Waals surface area contributed by atoms with Crippen LogP contribution in [0.3, 0.4) is 0 Å². The minimum Gasteiger partial charge on any atom is -0.494 e. The van der Waals surface area contributed by atoms with Crippen LogP contribution >= 0.6 is 0 Å². The molecule has 0 fully saturated rings. The molecule has 38 heavy (non-hydrogen) atoms. The van der Waals surface area contributed by atoms with Gasteiger partial charge in [-0.3, -0.25) is 9.10 Å². The molecule has 0 saturated carbocycles. The van der Waals surface area contributed by atoms with E-state index in [0.29, 0.717) is 12.4 Å². The fraction of sp³-hybridized carbons (Fsp3) is 0.167. The Morgan fingerprint density at radius 3 is 2.16 bits per heavy atom. The van der Waals surface area contributed by atoms with Crippen LogP contribution < -0.4 is 14.4 Å². The molecule has 0 spiro atoms. The van der Waals surface area contributed by atoms with Crippen molar-refractivity contribution in [1.29, 1.82) is 0 Å². The summed E-state index contributed by atoms with van der Waals surface area (Å²) in [5.74, 6) is -0.497. The number of rotatable bonds is 10. The van der Waals surface area contributed by atoms with Gasteiger partial charge in [0.1, 0.15) is 18.1 Å². The molecule has 0 aliphatic rings. The molecule has 0 heterocycles. The zero-order valence-electron chi connectivity index (χ0n) is 21.2. The van der Waals surface area contributed by atoms with E-state index in [1.807, 2.05) is 68.4 Å². The van der Waals surface area contributed by atoms with Gasteiger partial charge < -0.3 is 10.1 Å². The number of carbonyl (C=O) groups excluding carboxylic acids is 1. The highest BCUT2D eigenvalue weighted by atomic mass is 32.2. The summed E-state index contributed by atoms with van der Waals surface area (Å²) in [7, 11) is -4.17. The zero-order valence-corrected chi connectivity index (χ0v) is 22.0. The van der Waals surface area contributed by atoms with Gasteiger partial charge in [-0.2, -0.15) is 0 Å². The van der Waals surface area contributed by atoms with Crippen molar-refractivity contribution in [1.82, 2.24) is 5.32 Å². The van der Waals surface area contributed by atoms with E-state index in [-0.39, 0.29) is 10.6 Å². The number of sulfonamides is 1. The van der Waals surface area contributed by atoms with Crippen LogP contribution in [0.5, 0.6) is 5.75 Å². The van der Waals surface area contributed by atoms with Crippen LogP contribution in [0.2, 0.25) is 0 Å². The average Bonchev–Trinajstić information content (AvgIpc) is 2.92. The third-order valence-corrected chi connectivity index (χ3v) is 7.85. The van der Waals surface area contributed by atoms with E-state index >= 15 is 0 Å². The number of anilines is 1. The van der Waals surface area contributed by atoms with Crippen molar-refractivity contribution < 1.29 is 22.3 Å². The van der Waals surface area contributed by atoms with E-state index in [1.165, 1.54) is 24.3 Å². The van der Waals surface area contributed by atoms with Gasteiger partial charge >= 0.3 is 0 Å². The molecular formula is C30H29FN2O4S. The highest BCUT2D eigenvalue weighted by Crippen LogP contribution is 2.27. The molecule has 1 amide bonds.